The predicted octanol–water partition coefficient (Wildman–Crippen LogP) is 2.02. The van der Waals surface area contributed by atoms with Crippen LogP contribution in [0, 0.1) is 0 Å². The smallest absolute Gasteiger partial charge is 0.332 e. The fourth-order valence-electron chi connectivity index (χ4n) is 2.12. The van der Waals surface area contributed by atoms with Gasteiger partial charge in [-0.05, 0) is 25.5 Å². The van der Waals surface area contributed by atoms with Crippen molar-refractivity contribution in [2.75, 3.05) is 7.11 Å². The van der Waals surface area contributed by atoms with Gasteiger partial charge in [0.1, 0.15) is 17.1 Å². The average molecular weight is 277 g/mol. The van der Waals surface area contributed by atoms with Crippen LogP contribution < -0.4 is 20.6 Å². The molecule has 0 aliphatic carbocycles. The summed E-state index contributed by atoms with van der Waals surface area (Å²) >= 11 is 0. The number of hydrazone groups is 1. The van der Waals surface area contributed by atoms with E-state index in [1.165, 1.54) is 0 Å². The van der Waals surface area contributed by atoms with Gasteiger partial charge in [0.2, 0.25) is 0 Å². The Labute approximate surface area is 117 Å². The standard InChI is InChI=1S/C14H19N3O3/c1-4-14(2)8-11(16-17-13(15)18)10-6-5-9(19-3)7-12(10)20-14/h5-7H,4,8H2,1-3H3,(H3,15,17,18)/b16-11+. The molecule has 1 aliphatic heterocycles. The summed E-state index contributed by atoms with van der Waals surface area (Å²) in [7, 11) is 1.60. The molecule has 1 heterocycles. The summed E-state index contributed by atoms with van der Waals surface area (Å²) in [6, 6.07) is 4.83. The highest BCUT2D eigenvalue weighted by molar-refractivity contribution is 6.04. The van der Waals surface area contributed by atoms with Crippen LogP contribution in [0.5, 0.6) is 11.5 Å². The first-order valence-electron chi connectivity index (χ1n) is 6.47. The molecule has 1 aliphatic rings. The number of hydrogen-bond donors (Lipinski definition) is 2. The Balaban J connectivity index is 2.44. The Hall–Kier alpha value is -2.24. The zero-order valence-corrected chi connectivity index (χ0v) is 11.9. The van der Waals surface area contributed by atoms with E-state index < -0.39 is 6.03 Å². The largest absolute Gasteiger partial charge is 0.497 e. The summed E-state index contributed by atoms with van der Waals surface area (Å²) in [5.74, 6) is 1.41. The Morgan fingerprint density at radius 2 is 2.35 bits per heavy atom. The molecule has 0 saturated carbocycles. The lowest BCUT2D eigenvalue weighted by Crippen LogP contribution is -2.39. The number of benzene rings is 1. The lowest BCUT2D eigenvalue weighted by molar-refractivity contribution is 0.0858. The molecule has 0 fully saturated rings. The molecule has 0 radical (unpaired) electrons. The molecule has 1 aromatic rings. The van der Waals surface area contributed by atoms with E-state index in [1.807, 2.05) is 32.0 Å². The molecule has 0 spiro atoms. The van der Waals surface area contributed by atoms with Gasteiger partial charge in [-0.2, -0.15) is 5.10 Å². The van der Waals surface area contributed by atoms with Gasteiger partial charge in [0.25, 0.3) is 0 Å². The van der Waals surface area contributed by atoms with E-state index in [0.29, 0.717) is 17.9 Å². The van der Waals surface area contributed by atoms with Crippen LogP contribution in [0.1, 0.15) is 32.3 Å². The molecule has 6 nitrogen and oxygen atoms in total. The highest BCUT2D eigenvalue weighted by Crippen LogP contribution is 2.37. The van der Waals surface area contributed by atoms with Crippen molar-refractivity contribution in [2.45, 2.75) is 32.3 Å². The molecule has 0 aromatic heterocycles. The highest BCUT2D eigenvalue weighted by Gasteiger charge is 2.34. The number of carbonyl (C=O) groups excluding carboxylic acids is 1. The number of amides is 2. The Kier molecular flexibility index (Phi) is 3.83. The van der Waals surface area contributed by atoms with Crippen LogP contribution in [-0.4, -0.2) is 24.5 Å². The molecule has 2 rings (SSSR count). The second kappa shape index (κ2) is 5.40. The average Bonchev–Trinajstić information content (AvgIpc) is 2.43. The Bertz CT molecular complexity index is 557. The Morgan fingerprint density at radius 3 is 2.95 bits per heavy atom. The van der Waals surface area contributed by atoms with Crippen molar-refractivity contribution >= 4 is 11.7 Å². The molecule has 3 N–H and O–H groups in total. The van der Waals surface area contributed by atoms with Crippen molar-refractivity contribution in [1.29, 1.82) is 0 Å². The molecule has 2 amide bonds. The van der Waals surface area contributed by atoms with Gasteiger partial charge < -0.3 is 15.2 Å². The maximum absolute atomic E-state index is 10.8. The number of rotatable bonds is 3. The predicted molar refractivity (Wildman–Crippen MR) is 76.2 cm³/mol. The van der Waals surface area contributed by atoms with Crippen LogP contribution in [0.3, 0.4) is 0 Å². The number of methoxy groups -OCH3 is 1. The van der Waals surface area contributed by atoms with Gasteiger partial charge in [-0.25, -0.2) is 10.2 Å². The van der Waals surface area contributed by atoms with Crippen LogP contribution in [0.25, 0.3) is 0 Å². The van der Waals surface area contributed by atoms with Crippen LogP contribution >= 0.6 is 0 Å². The quantitative estimate of drug-likeness (QED) is 0.829. The van der Waals surface area contributed by atoms with Crippen LogP contribution in [-0.2, 0) is 0 Å². The molecule has 1 atom stereocenters. The minimum absolute atomic E-state index is 0.364. The van der Waals surface area contributed by atoms with Crippen molar-refractivity contribution in [2.24, 2.45) is 10.8 Å². The molecule has 1 aromatic carbocycles. The molecule has 108 valence electrons. The van der Waals surface area contributed by atoms with Crippen molar-refractivity contribution < 1.29 is 14.3 Å². The minimum atomic E-state index is -0.683. The van der Waals surface area contributed by atoms with Crippen LogP contribution in [0.2, 0.25) is 0 Å². The number of urea groups is 1. The third kappa shape index (κ3) is 2.84. The fraction of sp³-hybridized carbons (Fsp3) is 0.429. The van der Waals surface area contributed by atoms with Gasteiger partial charge in [-0.15, -0.1) is 0 Å². The summed E-state index contributed by atoms with van der Waals surface area (Å²) in [5, 5.41) is 4.09. The van der Waals surface area contributed by atoms with E-state index in [1.54, 1.807) is 7.11 Å². The van der Waals surface area contributed by atoms with Gasteiger partial charge in [0, 0.05) is 18.1 Å². The zero-order chi connectivity index (χ0) is 14.8. The second-order valence-corrected chi connectivity index (χ2v) is 4.98. The number of nitrogens with one attached hydrogen (secondary N) is 1. The minimum Gasteiger partial charge on any atom is -0.497 e. The van der Waals surface area contributed by atoms with Gasteiger partial charge in [0.15, 0.2) is 0 Å². The first-order valence-corrected chi connectivity index (χ1v) is 6.47. The molecule has 20 heavy (non-hydrogen) atoms. The number of ether oxygens (including phenoxy) is 2. The van der Waals surface area contributed by atoms with Crippen LogP contribution in [0.4, 0.5) is 4.79 Å². The first-order chi connectivity index (χ1) is 9.47. The van der Waals surface area contributed by atoms with Gasteiger partial charge in [-0.1, -0.05) is 6.92 Å². The van der Waals surface area contributed by atoms with Crippen LogP contribution in [0.15, 0.2) is 23.3 Å². The summed E-state index contributed by atoms with van der Waals surface area (Å²) in [5.41, 5.74) is 8.58. The number of fused-ring (bicyclic) bond motifs is 1. The van der Waals surface area contributed by atoms with Crippen molar-refractivity contribution in [3.8, 4) is 11.5 Å². The molecule has 6 heteroatoms. The monoisotopic (exact) mass is 277 g/mol. The number of primary amides is 1. The fourth-order valence-corrected chi connectivity index (χ4v) is 2.12. The van der Waals surface area contributed by atoms with E-state index in [4.69, 9.17) is 15.2 Å². The maximum Gasteiger partial charge on any atom is 0.332 e. The third-order valence-electron chi connectivity index (χ3n) is 3.45. The van der Waals surface area contributed by atoms with Gasteiger partial charge in [0.05, 0.1) is 12.8 Å². The molecular weight excluding hydrogens is 258 g/mol. The molecule has 1 unspecified atom stereocenters. The zero-order valence-electron chi connectivity index (χ0n) is 11.9. The number of nitrogens with zero attached hydrogens (tertiary/aromatic N) is 1. The summed E-state index contributed by atoms with van der Waals surface area (Å²) in [6.45, 7) is 4.06. The second-order valence-electron chi connectivity index (χ2n) is 4.98. The number of hydrogen-bond acceptors (Lipinski definition) is 4. The topological polar surface area (TPSA) is 85.9 Å². The lowest BCUT2D eigenvalue weighted by atomic mass is 9.89. The SMILES string of the molecule is CCC1(C)C/C(=N\NC(N)=O)c2ccc(OC)cc2O1. The normalized spacial score (nSPS) is 22.9. The number of nitrogens with two attached hydrogens (primary N) is 1. The van der Waals surface area contributed by atoms with E-state index in [-0.39, 0.29) is 5.60 Å². The van der Waals surface area contributed by atoms with Gasteiger partial charge in [-0.3, -0.25) is 0 Å². The molecule has 0 saturated heterocycles. The Morgan fingerprint density at radius 1 is 1.60 bits per heavy atom. The van der Waals surface area contributed by atoms with E-state index in [9.17, 15) is 4.79 Å². The summed E-state index contributed by atoms with van der Waals surface area (Å²) in [6.07, 6.45) is 1.42. The summed E-state index contributed by atoms with van der Waals surface area (Å²) < 4.78 is 11.2. The van der Waals surface area contributed by atoms with E-state index in [2.05, 4.69) is 10.5 Å². The molecule has 0 bridgehead atoms. The highest BCUT2D eigenvalue weighted by atomic mass is 16.5. The molecular formula is C14H19N3O3. The number of carbonyl (C=O) groups is 1. The van der Waals surface area contributed by atoms with Crippen molar-refractivity contribution in [3.05, 3.63) is 23.8 Å². The van der Waals surface area contributed by atoms with Crippen molar-refractivity contribution in [1.82, 2.24) is 5.43 Å². The first kappa shape index (κ1) is 14.2. The van der Waals surface area contributed by atoms with Gasteiger partial charge >= 0.3 is 6.03 Å². The third-order valence-corrected chi connectivity index (χ3v) is 3.45. The van der Waals surface area contributed by atoms with Crippen molar-refractivity contribution in [3.63, 3.8) is 0 Å². The van der Waals surface area contributed by atoms with E-state index in [0.717, 1.165) is 17.7 Å². The summed E-state index contributed by atoms with van der Waals surface area (Å²) in [4.78, 5) is 10.8. The lowest BCUT2D eigenvalue weighted by Gasteiger charge is -2.35. The maximum atomic E-state index is 10.8. The van der Waals surface area contributed by atoms with E-state index >= 15 is 0 Å².